The molecule has 1 aliphatic rings. The lowest BCUT2D eigenvalue weighted by molar-refractivity contribution is 0.0341. The number of nitrogens with two attached hydrogens (primary N) is 1. The summed E-state index contributed by atoms with van der Waals surface area (Å²) >= 11 is 0. The number of aliphatic hydroxyl groups is 1. The highest BCUT2D eigenvalue weighted by atomic mass is 16.5. The summed E-state index contributed by atoms with van der Waals surface area (Å²) < 4.78 is 5.65. The van der Waals surface area contributed by atoms with E-state index < -0.39 is 11.0 Å². The molecule has 1 atom stereocenters. The van der Waals surface area contributed by atoms with Crippen molar-refractivity contribution >= 4 is 12.0 Å². The number of hydrogen-bond acceptors (Lipinski definition) is 8. The first-order chi connectivity index (χ1) is 14.7. The Morgan fingerprint density at radius 1 is 1.10 bits per heavy atom. The molecule has 0 saturated carbocycles. The molecule has 31 heavy (non-hydrogen) atoms. The Morgan fingerprint density at radius 3 is 2.29 bits per heavy atom. The predicted molar refractivity (Wildman–Crippen MR) is 120 cm³/mol. The quantitative estimate of drug-likeness (QED) is 0.643. The Hall–Kier alpha value is -3.00. The van der Waals surface area contributed by atoms with Gasteiger partial charge in [0.05, 0.1) is 11.0 Å². The van der Waals surface area contributed by atoms with Gasteiger partial charge >= 0.3 is 6.01 Å². The van der Waals surface area contributed by atoms with Gasteiger partial charge in [0.15, 0.2) is 5.82 Å². The van der Waals surface area contributed by atoms with Gasteiger partial charge in [0.2, 0.25) is 5.95 Å². The van der Waals surface area contributed by atoms with Crippen molar-refractivity contribution in [2.75, 3.05) is 23.7 Å². The van der Waals surface area contributed by atoms with Crippen molar-refractivity contribution in [2.24, 2.45) is 5.92 Å². The number of nitrogen functional groups attached to an aromatic ring is 1. The van der Waals surface area contributed by atoms with Gasteiger partial charge in [0.1, 0.15) is 0 Å². The Morgan fingerprint density at radius 2 is 1.71 bits per heavy atom. The lowest BCUT2D eigenvalue weighted by Crippen LogP contribution is -2.42. The first kappa shape index (κ1) is 21.2. The van der Waals surface area contributed by atoms with E-state index in [0.717, 1.165) is 16.7 Å². The third-order valence-corrected chi connectivity index (χ3v) is 6.64. The summed E-state index contributed by atoms with van der Waals surface area (Å²) in [6, 6.07) is 8.82. The zero-order valence-electron chi connectivity index (χ0n) is 18.5. The molecule has 0 bridgehead atoms. The van der Waals surface area contributed by atoms with Crippen LogP contribution in [0.25, 0.3) is 11.1 Å². The van der Waals surface area contributed by atoms with Crippen molar-refractivity contribution in [3.05, 3.63) is 48.0 Å². The van der Waals surface area contributed by atoms with Gasteiger partial charge in [-0.15, -0.1) is 0 Å². The van der Waals surface area contributed by atoms with Gasteiger partial charge in [0, 0.05) is 31.0 Å². The molecule has 0 spiro atoms. The smallest absolute Gasteiger partial charge is 0.324 e. The van der Waals surface area contributed by atoms with Gasteiger partial charge in [-0.05, 0) is 43.7 Å². The maximum absolute atomic E-state index is 10.2. The van der Waals surface area contributed by atoms with Crippen LogP contribution in [0.4, 0.5) is 12.0 Å². The monoisotopic (exact) mass is 422 g/mol. The van der Waals surface area contributed by atoms with Crippen molar-refractivity contribution in [1.82, 2.24) is 20.1 Å². The molecule has 3 heterocycles. The summed E-state index contributed by atoms with van der Waals surface area (Å²) in [5.41, 5.74) is 7.59. The molecule has 2 aromatic heterocycles. The van der Waals surface area contributed by atoms with Crippen molar-refractivity contribution in [3.8, 4) is 11.1 Å². The van der Waals surface area contributed by atoms with Gasteiger partial charge in [-0.3, -0.25) is 0 Å². The van der Waals surface area contributed by atoms with Gasteiger partial charge in [-0.1, -0.05) is 43.3 Å². The summed E-state index contributed by atoms with van der Waals surface area (Å²) in [6.45, 7) is 9.75. The first-order valence-corrected chi connectivity index (χ1v) is 10.7. The van der Waals surface area contributed by atoms with Crippen LogP contribution in [0.3, 0.4) is 0 Å². The molecule has 0 radical (unpaired) electrons. The van der Waals surface area contributed by atoms with E-state index in [1.807, 2.05) is 6.92 Å². The number of rotatable bonds is 5. The van der Waals surface area contributed by atoms with Crippen LogP contribution in [0.15, 0.2) is 41.2 Å². The van der Waals surface area contributed by atoms with E-state index in [4.69, 9.17) is 15.2 Å². The van der Waals surface area contributed by atoms with Crippen LogP contribution in [-0.2, 0) is 5.41 Å². The number of benzene rings is 1. The average Bonchev–Trinajstić information content (AvgIpc) is 3.24. The second-order valence-electron chi connectivity index (χ2n) is 9.15. The molecule has 1 saturated heterocycles. The minimum absolute atomic E-state index is 0.241. The Balaban J connectivity index is 1.61. The summed E-state index contributed by atoms with van der Waals surface area (Å²) in [4.78, 5) is 15.0. The standard InChI is InChI=1S/C23H30N6O2/c1-15(2)23(4,18-7-5-16(6-8-18)17-13-25-20(24)26-14-17)19-27-21(31-28-19)29-11-9-22(3,30)10-12-29/h5-8,13-15,30H,9-12H2,1-4H3,(H2,24,25,26). The van der Waals surface area contributed by atoms with Gasteiger partial charge < -0.3 is 20.3 Å². The first-order valence-electron chi connectivity index (χ1n) is 10.7. The van der Waals surface area contributed by atoms with Crippen LogP contribution in [0, 0.1) is 5.92 Å². The maximum Gasteiger partial charge on any atom is 0.324 e. The number of aromatic nitrogens is 4. The zero-order chi connectivity index (χ0) is 22.2. The van der Waals surface area contributed by atoms with Crippen molar-refractivity contribution in [3.63, 3.8) is 0 Å². The molecule has 164 valence electrons. The van der Waals surface area contributed by atoms with E-state index in [2.05, 4.69) is 65.1 Å². The van der Waals surface area contributed by atoms with Crippen LogP contribution < -0.4 is 10.6 Å². The van der Waals surface area contributed by atoms with E-state index in [0.29, 0.717) is 37.8 Å². The number of nitrogens with zero attached hydrogens (tertiary/aromatic N) is 5. The lowest BCUT2D eigenvalue weighted by Gasteiger charge is -2.34. The largest absolute Gasteiger partial charge is 0.390 e. The highest BCUT2D eigenvalue weighted by Gasteiger charge is 2.38. The second kappa shape index (κ2) is 7.92. The van der Waals surface area contributed by atoms with Crippen LogP contribution in [0.1, 0.15) is 51.9 Å². The summed E-state index contributed by atoms with van der Waals surface area (Å²) in [5.74, 6) is 1.17. The molecule has 3 N–H and O–H groups in total. The molecule has 0 aliphatic carbocycles. The van der Waals surface area contributed by atoms with Gasteiger partial charge in [-0.2, -0.15) is 4.98 Å². The zero-order valence-corrected chi connectivity index (χ0v) is 18.5. The van der Waals surface area contributed by atoms with E-state index in [9.17, 15) is 5.11 Å². The second-order valence-corrected chi connectivity index (χ2v) is 9.15. The van der Waals surface area contributed by atoms with E-state index in [-0.39, 0.29) is 11.9 Å². The third-order valence-electron chi connectivity index (χ3n) is 6.64. The predicted octanol–water partition coefficient (Wildman–Crippen LogP) is 3.42. The molecule has 1 fully saturated rings. The fourth-order valence-corrected chi connectivity index (χ4v) is 3.95. The van der Waals surface area contributed by atoms with Crippen LogP contribution >= 0.6 is 0 Å². The van der Waals surface area contributed by atoms with Crippen molar-refractivity contribution in [1.29, 1.82) is 0 Å². The molecule has 8 nitrogen and oxygen atoms in total. The molecular formula is C23H30N6O2. The minimum Gasteiger partial charge on any atom is -0.390 e. The molecule has 1 aromatic carbocycles. The fourth-order valence-electron chi connectivity index (χ4n) is 3.95. The number of anilines is 2. The molecular weight excluding hydrogens is 392 g/mol. The Labute approximate surface area is 182 Å². The average molecular weight is 423 g/mol. The highest BCUT2D eigenvalue weighted by Crippen LogP contribution is 2.39. The maximum atomic E-state index is 10.2. The van der Waals surface area contributed by atoms with E-state index in [1.165, 1.54) is 0 Å². The van der Waals surface area contributed by atoms with Crippen molar-refractivity contribution < 1.29 is 9.63 Å². The van der Waals surface area contributed by atoms with Crippen LogP contribution in [0.5, 0.6) is 0 Å². The van der Waals surface area contributed by atoms with Crippen LogP contribution in [0.2, 0.25) is 0 Å². The Kier molecular flexibility index (Phi) is 5.43. The molecule has 3 aromatic rings. The third kappa shape index (κ3) is 4.12. The normalized spacial score (nSPS) is 18.2. The molecule has 1 aliphatic heterocycles. The molecule has 4 rings (SSSR count). The lowest BCUT2D eigenvalue weighted by atomic mass is 9.72. The van der Waals surface area contributed by atoms with E-state index in [1.54, 1.807) is 12.4 Å². The summed E-state index contributed by atoms with van der Waals surface area (Å²) in [5, 5.41) is 14.6. The molecule has 0 amide bonds. The Bertz CT molecular complexity index is 1020. The van der Waals surface area contributed by atoms with Crippen LogP contribution in [-0.4, -0.2) is 43.9 Å². The summed E-state index contributed by atoms with van der Waals surface area (Å²) in [6.07, 6.45) is 4.81. The minimum atomic E-state index is -0.622. The highest BCUT2D eigenvalue weighted by molar-refractivity contribution is 5.62. The number of hydrogen-bond donors (Lipinski definition) is 2. The summed E-state index contributed by atoms with van der Waals surface area (Å²) in [7, 11) is 0. The topological polar surface area (TPSA) is 114 Å². The van der Waals surface area contributed by atoms with Crippen molar-refractivity contribution in [2.45, 2.75) is 51.6 Å². The molecule has 8 heteroatoms. The van der Waals surface area contributed by atoms with Gasteiger partial charge in [0.25, 0.3) is 0 Å². The van der Waals surface area contributed by atoms with E-state index >= 15 is 0 Å². The SMILES string of the molecule is CC(C)C(C)(c1ccc(-c2cnc(N)nc2)cc1)c1noc(N2CCC(C)(O)CC2)n1. The fraction of sp³-hybridized carbons (Fsp3) is 0.478. The van der Waals surface area contributed by atoms with Gasteiger partial charge in [-0.25, -0.2) is 9.97 Å². The number of piperidine rings is 1. The molecule has 1 unspecified atom stereocenters.